The number of anilines is 3. The van der Waals surface area contributed by atoms with Crippen LogP contribution in [0.2, 0.25) is 0 Å². The van der Waals surface area contributed by atoms with Gasteiger partial charge >= 0.3 is 0 Å². The van der Waals surface area contributed by atoms with Gasteiger partial charge in [-0.1, -0.05) is 291 Å². The number of nitrogens with zero attached hydrogens (tertiary/aromatic N) is 1. The van der Waals surface area contributed by atoms with Crippen molar-refractivity contribution in [2.75, 3.05) is 4.90 Å². The average molecular weight is 1000 g/mol. The Morgan fingerprint density at radius 3 is 0.987 bits per heavy atom. The van der Waals surface area contributed by atoms with Crippen LogP contribution in [-0.2, 0) is 0 Å². The van der Waals surface area contributed by atoms with E-state index < -0.39 is 16.1 Å². The maximum absolute atomic E-state index is 7.37. The highest BCUT2D eigenvalue weighted by Gasteiger charge is 2.46. The van der Waals surface area contributed by atoms with E-state index in [1.54, 1.807) is 0 Å². The fraction of sp³-hybridized carbons (Fsp3) is 0. The second-order valence-corrected chi connectivity index (χ2v) is 27.1. The van der Waals surface area contributed by atoms with Gasteiger partial charge in [-0.05, 0) is 88.5 Å². The summed E-state index contributed by atoms with van der Waals surface area (Å²) >= 11 is 0. The monoisotopic (exact) mass is 1000 g/mol. The van der Waals surface area contributed by atoms with Crippen LogP contribution in [0.1, 0.15) is 0 Å². The molecular formula is C72H53NOSi2. The van der Waals surface area contributed by atoms with Gasteiger partial charge in [0.2, 0.25) is 0 Å². The van der Waals surface area contributed by atoms with E-state index in [4.69, 9.17) is 4.42 Å². The van der Waals surface area contributed by atoms with E-state index in [-0.39, 0.29) is 0 Å². The summed E-state index contributed by atoms with van der Waals surface area (Å²) in [6.07, 6.45) is 0. The van der Waals surface area contributed by atoms with Gasteiger partial charge in [-0.15, -0.1) is 0 Å². The summed E-state index contributed by atoms with van der Waals surface area (Å²) in [7, 11) is -6.40. The molecule has 0 radical (unpaired) electrons. The predicted octanol–water partition coefficient (Wildman–Crippen LogP) is 13.1. The van der Waals surface area contributed by atoms with Crippen LogP contribution in [0.5, 0.6) is 0 Å². The number of furan rings is 1. The maximum atomic E-state index is 7.37. The van der Waals surface area contributed by atoms with E-state index in [1.165, 1.54) is 47.1 Å². The van der Waals surface area contributed by atoms with Crippen molar-refractivity contribution in [2.45, 2.75) is 0 Å². The minimum absolute atomic E-state index is 0.829. The first-order chi connectivity index (χ1) is 37.7. The lowest BCUT2D eigenvalue weighted by Crippen LogP contribution is -2.78. The Kier molecular flexibility index (Phi) is 12.3. The molecule has 0 unspecified atom stereocenters. The van der Waals surface area contributed by atoms with Crippen molar-refractivity contribution in [3.63, 3.8) is 0 Å². The lowest BCUT2D eigenvalue weighted by Gasteiger charge is -2.39. The molecule has 4 heteroatoms. The van der Waals surface area contributed by atoms with Gasteiger partial charge in [0.1, 0.15) is 5.58 Å². The molecule has 0 saturated heterocycles. The summed E-state index contributed by atoms with van der Waals surface area (Å²) in [5.41, 5.74) is 9.25. The smallest absolute Gasteiger partial charge is 0.179 e. The van der Waals surface area contributed by atoms with Gasteiger partial charge in [0, 0.05) is 27.7 Å². The summed E-state index contributed by atoms with van der Waals surface area (Å²) in [5.74, 6) is 0. The maximum Gasteiger partial charge on any atom is 0.179 e. The first-order valence-electron chi connectivity index (χ1n) is 26.2. The van der Waals surface area contributed by atoms with E-state index in [2.05, 4.69) is 326 Å². The van der Waals surface area contributed by atoms with Crippen molar-refractivity contribution in [1.29, 1.82) is 0 Å². The zero-order valence-corrected chi connectivity index (χ0v) is 44.0. The molecule has 0 aliphatic carbocycles. The highest BCUT2D eigenvalue weighted by molar-refractivity contribution is 7.22. The van der Waals surface area contributed by atoms with Crippen molar-refractivity contribution in [2.24, 2.45) is 0 Å². The second kappa shape index (κ2) is 20.2. The molecule has 0 saturated carbocycles. The van der Waals surface area contributed by atoms with E-state index >= 15 is 0 Å². The zero-order valence-electron chi connectivity index (χ0n) is 42.0. The minimum atomic E-state index is -3.20. The molecule has 0 aliphatic heterocycles. The molecule has 0 spiro atoms. The SMILES string of the molecule is c1ccc(-c2ccc(N(c3cc([Si](c4ccccc4)(c4ccccc4)c4ccccc4)cc([Si](c4ccccc4)(c4ccccc4)c4ccccc4)c3)c3cccc4c3oc3c(-c5ccccc5)cccc34)cc2)cc1. The zero-order chi connectivity index (χ0) is 50.7. The van der Waals surface area contributed by atoms with Crippen LogP contribution in [0.3, 0.4) is 0 Å². The molecule has 2 nitrogen and oxygen atoms in total. The molecule has 0 amide bonds. The molecule has 0 N–H and O–H groups in total. The van der Waals surface area contributed by atoms with Crippen molar-refractivity contribution < 1.29 is 4.42 Å². The molecule has 13 rings (SSSR count). The highest BCUT2D eigenvalue weighted by atomic mass is 28.3. The highest BCUT2D eigenvalue weighted by Crippen LogP contribution is 2.44. The molecule has 12 aromatic carbocycles. The van der Waals surface area contributed by atoms with Gasteiger partial charge < -0.3 is 9.32 Å². The number of hydrogen-bond donors (Lipinski definition) is 0. The van der Waals surface area contributed by atoms with Crippen LogP contribution in [0.25, 0.3) is 44.2 Å². The van der Waals surface area contributed by atoms with Gasteiger partial charge in [-0.25, -0.2) is 0 Å². The van der Waals surface area contributed by atoms with Crippen molar-refractivity contribution in [3.8, 4) is 22.3 Å². The molecule has 0 bridgehead atoms. The Labute approximate surface area is 447 Å². The predicted molar refractivity (Wildman–Crippen MR) is 327 cm³/mol. The quantitative estimate of drug-likeness (QED) is 0.0845. The molecule has 0 aliphatic rings. The standard InChI is InChI=1S/C72H53NOSi2/c1-9-27-54(28-10-1)55-47-49-57(50-48-55)73(70-46-26-45-69-68-44-25-43-67(71(68)74-72(69)70)56-29-11-2-12-30-56)58-51-65(75(59-31-13-3-14-32-59,60-33-15-4-16-34-60)61-35-17-5-18-36-61)53-66(52-58)76(62-37-19-6-20-38-62,63-39-21-7-22-40-63)64-41-23-8-24-42-64/h1-53H. The summed E-state index contributed by atoms with van der Waals surface area (Å²) in [4.78, 5) is 2.48. The third-order valence-electron chi connectivity index (χ3n) is 15.3. The lowest BCUT2D eigenvalue weighted by molar-refractivity contribution is 0.670. The van der Waals surface area contributed by atoms with Gasteiger partial charge in [0.05, 0.1) is 5.69 Å². The minimum Gasteiger partial charge on any atom is -0.453 e. The number of para-hydroxylation sites is 2. The van der Waals surface area contributed by atoms with E-state index in [0.717, 1.165) is 55.7 Å². The first kappa shape index (κ1) is 46.5. The summed E-state index contributed by atoms with van der Waals surface area (Å²) in [5, 5.41) is 12.6. The van der Waals surface area contributed by atoms with E-state index in [0.29, 0.717) is 0 Å². The second-order valence-electron chi connectivity index (χ2n) is 19.5. The van der Waals surface area contributed by atoms with Gasteiger partial charge in [-0.2, -0.15) is 0 Å². The van der Waals surface area contributed by atoms with E-state index in [9.17, 15) is 0 Å². The Balaban J connectivity index is 1.20. The largest absolute Gasteiger partial charge is 0.453 e. The average Bonchev–Trinajstić information content (AvgIpc) is 4.02. The third kappa shape index (κ3) is 8.03. The Hall–Kier alpha value is -9.33. The fourth-order valence-corrected chi connectivity index (χ4v) is 21.8. The number of fused-ring (bicyclic) bond motifs is 3. The number of rotatable bonds is 13. The van der Waals surface area contributed by atoms with Crippen LogP contribution in [0, 0.1) is 0 Å². The van der Waals surface area contributed by atoms with Crippen molar-refractivity contribution in [3.05, 3.63) is 322 Å². The van der Waals surface area contributed by atoms with E-state index in [1.807, 2.05) is 0 Å². The Bertz CT molecular complexity index is 3720. The van der Waals surface area contributed by atoms with Gasteiger partial charge in [0.15, 0.2) is 21.7 Å². The van der Waals surface area contributed by atoms with Crippen LogP contribution < -0.4 is 46.4 Å². The van der Waals surface area contributed by atoms with Crippen molar-refractivity contribution in [1.82, 2.24) is 0 Å². The lowest BCUT2D eigenvalue weighted by atomic mass is 10.0. The first-order valence-corrected chi connectivity index (χ1v) is 30.2. The molecule has 1 aromatic heterocycles. The molecular weight excluding hydrogens is 951 g/mol. The van der Waals surface area contributed by atoms with Crippen LogP contribution in [0.15, 0.2) is 326 Å². The molecule has 360 valence electrons. The summed E-state index contributed by atoms with van der Waals surface area (Å²) in [6, 6.07) is 119. The van der Waals surface area contributed by atoms with Crippen LogP contribution in [0.4, 0.5) is 17.1 Å². The molecule has 76 heavy (non-hydrogen) atoms. The van der Waals surface area contributed by atoms with Gasteiger partial charge in [-0.3, -0.25) is 0 Å². The molecule has 1 heterocycles. The number of hydrogen-bond acceptors (Lipinski definition) is 2. The molecule has 0 atom stereocenters. The third-order valence-corrected chi connectivity index (χ3v) is 24.9. The summed E-state index contributed by atoms with van der Waals surface area (Å²) in [6.45, 7) is 0. The number of benzene rings is 12. The normalized spacial score (nSPS) is 11.7. The summed E-state index contributed by atoms with van der Waals surface area (Å²) < 4.78 is 7.37. The van der Waals surface area contributed by atoms with Crippen LogP contribution >= 0.6 is 0 Å². The fourth-order valence-electron chi connectivity index (χ4n) is 12.0. The van der Waals surface area contributed by atoms with Crippen molar-refractivity contribution >= 4 is 96.6 Å². The van der Waals surface area contributed by atoms with Gasteiger partial charge in [0.25, 0.3) is 0 Å². The Morgan fingerprint density at radius 1 is 0.237 bits per heavy atom. The topological polar surface area (TPSA) is 16.4 Å². The molecule has 0 fully saturated rings. The van der Waals surface area contributed by atoms with Crippen LogP contribution in [-0.4, -0.2) is 16.1 Å². The Morgan fingerprint density at radius 2 is 0.579 bits per heavy atom. The molecule has 13 aromatic rings.